The normalized spacial score (nSPS) is 20.2. The Bertz CT molecular complexity index is 511. The highest BCUT2D eigenvalue weighted by atomic mass is 16.5. The number of hydrogen-bond acceptors (Lipinski definition) is 4. The molecular formula is C13H16N4O. The van der Waals surface area contributed by atoms with E-state index in [1.54, 1.807) is 18.5 Å². The minimum Gasteiger partial charge on any atom is -0.457 e. The van der Waals surface area contributed by atoms with Gasteiger partial charge in [-0.2, -0.15) is 0 Å². The highest BCUT2D eigenvalue weighted by molar-refractivity contribution is 5.09. The first-order chi connectivity index (χ1) is 8.81. The number of aromatic nitrogens is 3. The standard InChI is InChI=1S/C13H16N4O/c1-16-8-11-4-2-7-17(11)10-12(9-16)18-13-14-5-3-6-15-13/h2-7,12H,8-10H2,1H3. The molecule has 0 radical (unpaired) electrons. The van der Waals surface area contributed by atoms with Gasteiger partial charge in [0, 0.05) is 37.4 Å². The van der Waals surface area contributed by atoms with E-state index in [9.17, 15) is 0 Å². The second-order valence-corrected chi connectivity index (χ2v) is 4.62. The maximum Gasteiger partial charge on any atom is 0.316 e. The SMILES string of the molecule is CN1Cc2cccn2CC(Oc2ncccn2)C1. The van der Waals surface area contributed by atoms with Crippen molar-refractivity contribution in [1.82, 2.24) is 19.4 Å². The van der Waals surface area contributed by atoms with Gasteiger partial charge >= 0.3 is 6.01 Å². The molecule has 0 aliphatic carbocycles. The second kappa shape index (κ2) is 4.78. The van der Waals surface area contributed by atoms with Crippen LogP contribution in [0.5, 0.6) is 6.01 Å². The molecule has 5 heteroatoms. The highest BCUT2D eigenvalue weighted by Crippen LogP contribution is 2.14. The highest BCUT2D eigenvalue weighted by Gasteiger charge is 2.21. The lowest BCUT2D eigenvalue weighted by Gasteiger charge is -2.19. The van der Waals surface area contributed by atoms with Crippen LogP contribution in [-0.2, 0) is 13.1 Å². The van der Waals surface area contributed by atoms with Gasteiger partial charge in [-0.1, -0.05) is 0 Å². The van der Waals surface area contributed by atoms with Gasteiger partial charge in [-0.3, -0.25) is 4.90 Å². The molecule has 2 aromatic rings. The van der Waals surface area contributed by atoms with Crippen LogP contribution in [0.1, 0.15) is 5.69 Å². The molecule has 0 amide bonds. The van der Waals surface area contributed by atoms with Gasteiger partial charge < -0.3 is 9.30 Å². The van der Waals surface area contributed by atoms with E-state index in [4.69, 9.17) is 4.74 Å². The minimum atomic E-state index is 0.0750. The third-order valence-corrected chi connectivity index (χ3v) is 3.09. The molecule has 0 saturated heterocycles. The number of nitrogens with zero attached hydrogens (tertiary/aromatic N) is 4. The molecule has 94 valence electrons. The van der Waals surface area contributed by atoms with Crippen LogP contribution in [0, 0.1) is 0 Å². The van der Waals surface area contributed by atoms with Crippen LogP contribution in [0.3, 0.4) is 0 Å². The Balaban J connectivity index is 1.77. The van der Waals surface area contributed by atoms with E-state index in [0.717, 1.165) is 19.6 Å². The van der Waals surface area contributed by atoms with Crippen molar-refractivity contribution in [2.24, 2.45) is 0 Å². The summed E-state index contributed by atoms with van der Waals surface area (Å²) in [6, 6.07) is 6.46. The van der Waals surface area contributed by atoms with Gasteiger partial charge in [-0.25, -0.2) is 9.97 Å². The largest absolute Gasteiger partial charge is 0.457 e. The Labute approximate surface area is 106 Å². The maximum absolute atomic E-state index is 5.85. The van der Waals surface area contributed by atoms with Gasteiger partial charge in [-0.05, 0) is 25.2 Å². The monoisotopic (exact) mass is 244 g/mol. The summed E-state index contributed by atoms with van der Waals surface area (Å²) in [4.78, 5) is 10.5. The molecule has 1 aliphatic heterocycles. The summed E-state index contributed by atoms with van der Waals surface area (Å²) in [6.45, 7) is 2.66. The number of rotatable bonds is 2. The van der Waals surface area contributed by atoms with E-state index >= 15 is 0 Å². The fourth-order valence-electron chi connectivity index (χ4n) is 2.31. The summed E-state index contributed by atoms with van der Waals surface area (Å²) in [5.41, 5.74) is 1.32. The van der Waals surface area contributed by atoms with Crippen molar-refractivity contribution in [3.8, 4) is 6.01 Å². The van der Waals surface area contributed by atoms with E-state index < -0.39 is 0 Å². The summed E-state index contributed by atoms with van der Waals surface area (Å²) in [5, 5.41) is 0. The third kappa shape index (κ3) is 2.36. The van der Waals surface area contributed by atoms with Gasteiger partial charge in [0.15, 0.2) is 0 Å². The van der Waals surface area contributed by atoms with Crippen molar-refractivity contribution < 1.29 is 4.74 Å². The van der Waals surface area contributed by atoms with Gasteiger partial charge in [0.1, 0.15) is 6.10 Å². The average molecular weight is 244 g/mol. The summed E-state index contributed by atoms with van der Waals surface area (Å²) < 4.78 is 8.08. The number of fused-ring (bicyclic) bond motifs is 1. The number of hydrogen-bond donors (Lipinski definition) is 0. The van der Waals surface area contributed by atoms with Crippen LogP contribution in [0.15, 0.2) is 36.8 Å². The lowest BCUT2D eigenvalue weighted by molar-refractivity contribution is 0.130. The van der Waals surface area contributed by atoms with E-state index in [1.807, 2.05) is 0 Å². The molecule has 5 nitrogen and oxygen atoms in total. The van der Waals surface area contributed by atoms with Crippen LogP contribution in [-0.4, -0.2) is 39.1 Å². The van der Waals surface area contributed by atoms with Crippen molar-refractivity contribution in [3.63, 3.8) is 0 Å². The molecule has 0 aromatic carbocycles. The molecular weight excluding hydrogens is 228 g/mol. The topological polar surface area (TPSA) is 43.2 Å². The van der Waals surface area contributed by atoms with Gasteiger partial charge in [-0.15, -0.1) is 0 Å². The first-order valence-corrected chi connectivity index (χ1v) is 6.07. The zero-order valence-electron chi connectivity index (χ0n) is 10.4. The van der Waals surface area contributed by atoms with Crippen LogP contribution < -0.4 is 4.74 Å². The quantitative estimate of drug-likeness (QED) is 0.795. The number of ether oxygens (including phenoxy) is 1. The van der Waals surface area contributed by atoms with E-state index in [1.165, 1.54) is 5.69 Å². The van der Waals surface area contributed by atoms with Crippen molar-refractivity contribution in [2.45, 2.75) is 19.2 Å². The molecule has 1 atom stereocenters. The predicted octanol–water partition coefficient (Wildman–Crippen LogP) is 1.17. The summed E-state index contributed by atoms with van der Waals surface area (Å²) >= 11 is 0. The van der Waals surface area contributed by atoms with Crippen LogP contribution in [0.2, 0.25) is 0 Å². The molecule has 3 rings (SSSR count). The zero-order chi connectivity index (χ0) is 12.4. The summed E-state index contributed by atoms with van der Waals surface area (Å²) in [5.74, 6) is 0. The van der Waals surface area contributed by atoms with Crippen LogP contribution >= 0.6 is 0 Å². The van der Waals surface area contributed by atoms with Gasteiger partial charge in [0.2, 0.25) is 0 Å². The Morgan fingerprint density at radius 1 is 1.22 bits per heavy atom. The lowest BCUT2D eigenvalue weighted by atomic mass is 10.3. The molecule has 18 heavy (non-hydrogen) atoms. The predicted molar refractivity (Wildman–Crippen MR) is 67.2 cm³/mol. The first-order valence-electron chi connectivity index (χ1n) is 6.07. The van der Waals surface area contributed by atoms with Crippen LogP contribution in [0.4, 0.5) is 0 Å². The summed E-state index contributed by atoms with van der Waals surface area (Å²) in [6.07, 6.45) is 5.57. The van der Waals surface area contributed by atoms with Gasteiger partial charge in [0.25, 0.3) is 0 Å². The lowest BCUT2D eigenvalue weighted by Crippen LogP contribution is -2.33. The smallest absolute Gasteiger partial charge is 0.316 e. The molecule has 0 fully saturated rings. The summed E-state index contributed by atoms with van der Waals surface area (Å²) in [7, 11) is 2.10. The van der Waals surface area contributed by atoms with Crippen molar-refractivity contribution >= 4 is 0 Å². The molecule has 2 aromatic heterocycles. The Morgan fingerprint density at radius 3 is 2.89 bits per heavy atom. The van der Waals surface area contributed by atoms with Crippen LogP contribution in [0.25, 0.3) is 0 Å². The van der Waals surface area contributed by atoms with Crippen molar-refractivity contribution in [2.75, 3.05) is 13.6 Å². The average Bonchev–Trinajstić information content (AvgIpc) is 2.71. The van der Waals surface area contributed by atoms with E-state index in [-0.39, 0.29) is 6.10 Å². The molecule has 0 N–H and O–H groups in total. The molecule has 0 saturated carbocycles. The van der Waals surface area contributed by atoms with E-state index in [0.29, 0.717) is 6.01 Å². The first kappa shape index (κ1) is 11.2. The van der Waals surface area contributed by atoms with E-state index in [2.05, 4.69) is 44.8 Å². The molecule has 3 heterocycles. The molecule has 1 unspecified atom stereocenters. The molecule has 0 bridgehead atoms. The maximum atomic E-state index is 5.85. The van der Waals surface area contributed by atoms with Crippen molar-refractivity contribution in [1.29, 1.82) is 0 Å². The zero-order valence-corrected chi connectivity index (χ0v) is 10.4. The fraction of sp³-hybridized carbons (Fsp3) is 0.385. The minimum absolute atomic E-state index is 0.0750. The Kier molecular flexibility index (Phi) is 2.98. The third-order valence-electron chi connectivity index (χ3n) is 3.09. The Morgan fingerprint density at radius 2 is 2.06 bits per heavy atom. The van der Waals surface area contributed by atoms with Gasteiger partial charge in [0.05, 0.1) is 6.54 Å². The van der Waals surface area contributed by atoms with Crippen molar-refractivity contribution in [3.05, 3.63) is 42.5 Å². The number of likely N-dealkylation sites (N-methyl/N-ethyl adjacent to an activating group) is 1. The fourth-order valence-corrected chi connectivity index (χ4v) is 2.31. The molecule has 0 spiro atoms. The Hall–Kier alpha value is -1.88. The molecule has 1 aliphatic rings. The second-order valence-electron chi connectivity index (χ2n) is 4.62.